The van der Waals surface area contributed by atoms with Gasteiger partial charge in [0.2, 0.25) is 0 Å². The summed E-state index contributed by atoms with van der Waals surface area (Å²) in [5.41, 5.74) is 2.40. The minimum Gasteiger partial charge on any atom is -0.276 e. The van der Waals surface area contributed by atoms with Gasteiger partial charge in [-0.25, -0.2) is 9.37 Å². The number of carbonyl (C=O) groups excluding carboxylic acids is 1. The molecule has 0 aliphatic rings. The molecule has 0 amide bonds. The van der Waals surface area contributed by atoms with E-state index >= 15 is 0 Å². The molecule has 1 heterocycles. The molecule has 4 heteroatoms. The molecule has 1 aromatic heterocycles. The Hall–Kier alpha value is -2.26. The molecule has 0 saturated heterocycles. The first-order valence-electron chi connectivity index (χ1n) is 6.01. The third kappa shape index (κ3) is 2.28. The standard InChI is InChI=1S/C16H9ClFNO/c17-16(20)13-9-15(10-5-7-11(18)8-6-10)19-14-4-2-1-3-12(13)14/h1-9H. The Labute approximate surface area is 119 Å². The highest BCUT2D eigenvalue weighted by Crippen LogP contribution is 2.25. The van der Waals surface area contributed by atoms with Crippen molar-refractivity contribution in [2.45, 2.75) is 0 Å². The summed E-state index contributed by atoms with van der Waals surface area (Å²) in [5, 5.41) is 0.172. The molecule has 3 rings (SSSR count). The second-order valence-electron chi connectivity index (χ2n) is 4.35. The maximum absolute atomic E-state index is 13.0. The smallest absolute Gasteiger partial charge is 0.253 e. The van der Waals surface area contributed by atoms with Crippen LogP contribution in [-0.4, -0.2) is 10.2 Å². The Morgan fingerprint density at radius 3 is 2.45 bits per heavy atom. The van der Waals surface area contributed by atoms with Gasteiger partial charge in [0.15, 0.2) is 0 Å². The van der Waals surface area contributed by atoms with Gasteiger partial charge in [-0.15, -0.1) is 0 Å². The normalized spacial score (nSPS) is 10.7. The first kappa shape index (κ1) is 12.8. The predicted molar refractivity (Wildman–Crippen MR) is 77.3 cm³/mol. The molecule has 0 aliphatic carbocycles. The summed E-state index contributed by atoms with van der Waals surface area (Å²) in [6.45, 7) is 0. The van der Waals surface area contributed by atoms with Crippen molar-refractivity contribution in [3.8, 4) is 11.3 Å². The van der Waals surface area contributed by atoms with E-state index in [-0.39, 0.29) is 5.82 Å². The molecule has 0 aliphatic heterocycles. The van der Waals surface area contributed by atoms with Crippen LogP contribution >= 0.6 is 11.6 Å². The van der Waals surface area contributed by atoms with E-state index in [0.717, 1.165) is 5.56 Å². The highest BCUT2D eigenvalue weighted by atomic mass is 35.5. The van der Waals surface area contributed by atoms with Gasteiger partial charge in [-0.3, -0.25) is 4.79 Å². The fraction of sp³-hybridized carbons (Fsp3) is 0. The minimum atomic E-state index is -0.535. The summed E-state index contributed by atoms with van der Waals surface area (Å²) in [4.78, 5) is 16.1. The lowest BCUT2D eigenvalue weighted by atomic mass is 10.0. The van der Waals surface area contributed by atoms with Crippen LogP contribution in [0.2, 0.25) is 0 Å². The Bertz CT molecular complexity index is 799. The van der Waals surface area contributed by atoms with Gasteiger partial charge in [-0.05, 0) is 48.0 Å². The van der Waals surface area contributed by atoms with Crippen molar-refractivity contribution >= 4 is 27.7 Å². The Balaban J connectivity index is 2.27. The van der Waals surface area contributed by atoms with E-state index in [2.05, 4.69) is 4.98 Å². The number of fused-ring (bicyclic) bond motifs is 1. The largest absolute Gasteiger partial charge is 0.276 e. The Kier molecular flexibility index (Phi) is 3.20. The number of benzene rings is 2. The van der Waals surface area contributed by atoms with Gasteiger partial charge >= 0.3 is 0 Å². The topological polar surface area (TPSA) is 30.0 Å². The predicted octanol–water partition coefficient (Wildman–Crippen LogP) is 4.42. The molecule has 0 saturated carbocycles. The van der Waals surface area contributed by atoms with Crippen LogP contribution in [-0.2, 0) is 0 Å². The van der Waals surface area contributed by atoms with Gasteiger partial charge in [0, 0.05) is 16.5 Å². The monoisotopic (exact) mass is 285 g/mol. The molecular formula is C16H9ClFNO. The summed E-state index contributed by atoms with van der Waals surface area (Å²) in [7, 11) is 0. The minimum absolute atomic E-state index is 0.316. The van der Waals surface area contributed by atoms with E-state index < -0.39 is 5.24 Å². The lowest BCUT2D eigenvalue weighted by molar-refractivity contribution is 0.108. The lowest BCUT2D eigenvalue weighted by Gasteiger charge is -2.07. The number of hydrogen-bond donors (Lipinski definition) is 0. The van der Waals surface area contributed by atoms with Crippen molar-refractivity contribution in [1.82, 2.24) is 4.98 Å². The zero-order chi connectivity index (χ0) is 14.1. The first-order chi connectivity index (χ1) is 9.65. The second kappa shape index (κ2) is 5.02. The van der Waals surface area contributed by atoms with Gasteiger partial charge in [-0.1, -0.05) is 18.2 Å². The van der Waals surface area contributed by atoms with Crippen molar-refractivity contribution in [1.29, 1.82) is 0 Å². The van der Waals surface area contributed by atoms with Crippen LogP contribution in [0.4, 0.5) is 4.39 Å². The Morgan fingerprint density at radius 2 is 1.75 bits per heavy atom. The SMILES string of the molecule is O=C(Cl)c1cc(-c2ccc(F)cc2)nc2ccccc12. The van der Waals surface area contributed by atoms with Crippen LogP contribution in [0, 0.1) is 5.82 Å². The number of carbonyl (C=O) groups is 1. The lowest BCUT2D eigenvalue weighted by Crippen LogP contribution is -1.95. The van der Waals surface area contributed by atoms with Crippen LogP contribution in [0.25, 0.3) is 22.2 Å². The molecular weight excluding hydrogens is 277 g/mol. The third-order valence-corrected chi connectivity index (χ3v) is 3.27. The summed E-state index contributed by atoms with van der Waals surface area (Å²) in [5.74, 6) is -0.316. The fourth-order valence-electron chi connectivity index (χ4n) is 2.11. The van der Waals surface area contributed by atoms with E-state index in [1.54, 1.807) is 24.3 Å². The summed E-state index contributed by atoms with van der Waals surface area (Å²) >= 11 is 5.64. The molecule has 0 radical (unpaired) electrons. The zero-order valence-corrected chi connectivity index (χ0v) is 11.1. The molecule has 3 aromatic rings. The highest BCUT2D eigenvalue weighted by molar-refractivity contribution is 6.68. The molecule has 0 atom stereocenters. The van der Waals surface area contributed by atoms with E-state index in [1.165, 1.54) is 12.1 Å². The van der Waals surface area contributed by atoms with Crippen LogP contribution in [0.1, 0.15) is 10.4 Å². The Morgan fingerprint density at radius 1 is 1.05 bits per heavy atom. The van der Waals surface area contributed by atoms with Crippen LogP contribution in [0.15, 0.2) is 54.6 Å². The van der Waals surface area contributed by atoms with E-state index in [9.17, 15) is 9.18 Å². The number of pyridine rings is 1. The molecule has 0 unspecified atom stereocenters. The molecule has 2 nitrogen and oxygen atoms in total. The van der Waals surface area contributed by atoms with E-state index in [0.29, 0.717) is 22.2 Å². The quantitative estimate of drug-likeness (QED) is 0.652. The molecule has 20 heavy (non-hydrogen) atoms. The van der Waals surface area contributed by atoms with Gasteiger partial charge in [-0.2, -0.15) is 0 Å². The number of halogens is 2. The molecule has 0 fully saturated rings. The zero-order valence-electron chi connectivity index (χ0n) is 10.3. The first-order valence-corrected chi connectivity index (χ1v) is 6.38. The van der Waals surface area contributed by atoms with Crippen molar-refractivity contribution in [3.05, 3.63) is 66.0 Å². The summed E-state index contributed by atoms with van der Waals surface area (Å²) < 4.78 is 13.0. The maximum atomic E-state index is 13.0. The molecule has 0 bridgehead atoms. The third-order valence-electron chi connectivity index (χ3n) is 3.07. The van der Waals surface area contributed by atoms with E-state index in [1.807, 2.05) is 18.2 Å². The summed E-state index contributed by atoms with van der Waals surface area (Å²) in [6, 6.07) is 14.9. The number of aromatic nitrogens is 1. The number of nitrogens with zero attached hydrogens (tertiary/aromatic N) is 1. The van der Waals surface area contributed by atoms with Crippen LogP contribution in [0.3, 0.4) is 0 Å². The average molecular weight is 286 g/mol. The second-order valence-corrected chi connectivity index (χ2v) is 4.70. The molecule has 2 aromatic carbocycles. The van der Waals surface area contributed by atoms with Crippen molar-refractivity contribution < 1.29 is 9.18 Å². The van der Waals surface area contributed by atoms with Gasteiger partial charge < -0.3 is 0 Å². The number of rotatable bonds is 2. The average Bonchev–Trinajstić information content (AvgIpc) is 2.46. The number of para-hydroxylation sites is 1. The van der Waals surface area contributed by atoms with Crippen LogP contribution in [0.5, 0.6) is 0 Å². The van der Waals surface area contributed by atoms with Crippen molar-refractivity contribution in [3.63, 3.8) is 0 Å². The fourth-order valence-corrected chi connectivity index (χ4v) is 2.26. The molecule has 0 N–H and O–H groups in total. The van der Waals surface area contributed by atoms with Gasteiger partial charge in [0.25, 0.3) is 5.24 Å². The molecule has 0 spiro atoms. The van der Waals surface area contributed by atoms with E-state index in [4.69, 9.17) is 11.6 Å². The number of hydrogen-bond acceptors (Lipinski definition) is 2. The highest BCUT2D eigenvalue weighted by Gasteiger charge is 2.11. The van der Waals surface area contributed by atoms with Crippen LogP contribution < -0.4 is 0 Å². The van der Waals surface area contributed by atoms with Gasteiger partial charge in [0.05, 0.1) is 11.2 Å². The maximum Gasteiger partial charge on any atom is 0.253 e. The van der Waals surface area contributed by atoms with Gasteiger partial charge in [0.1, 0.15) is 5.82 Å². The van der Waals surface area contributed by atoms with Crippen molar-refractivity contribution in [2.75, 3.05) is 0 Å². The van der Waals surface area contributed by atoms with Crippen molar-refractivity contribution in [2.24, 2.45) is 0 Å². The molecule has 98 valence electrons. The summed E-state index contributed by atoms with van der Waals surface area (Å²) in [6.07, 6.45) is 0.